The van der Waals surface area contributed by atoms with Gasteiger partial charge in [0.15, 0.2) is 0 Å². The summed E-state index contributed by atoms with van der Waals surface area (Å²) in [4.78, 5) is 12.3. The maximum Gasteiger partial charge on any atom is 0.251 e. The van der Waals surface area contributed by atoms with E-state index in [1.165, 1.54) is 10.6 Å². The van der Waals surface area contributed by atoms with Gasteiger partial charge >= 0.3 is 0 Å². The molecule has 2 heterocycles. The molecule has 1 aromatic rings. The fraction of sp³-hybridized carbons (Fsp3) is 0.562. The number of benzene rings is 1. The van der Waals surface area contributed by atoms with Crippen molar-refractivity contribution in [3.63, 3.8) is 0 Å². The monoisotopic (exact) mass is 338 g/mol. The summed E-state index contributed by atoms with van der Waals surface area (Å²) in [5, 5.41) is 2.93. The van der Waals surface area contributed by atoms with E-state index in [0.717, 1.165) is 18.6 Å². The van der Waals surface area contributed by atoms with Gasteiger partial charge in [-0.25, -0.2) is 8.42 Å². The predicted molar refractivity (Wildman–Crippen MR) is 88.2 cm³/mol. The van der Waals surface area contributed by atoms with Crippen LogP contribution in [0.1, 0.15) is 29.3 Å². The number of amides is 1. The van der Waals surface area contributed by atoms with Crippen LogP contribution in [0.4, 0.5) is 5.69 Å². The molecule has 0 radical (unpaired) electrons. The summed E-state index contributed by atoms with van der Waals surface area (Å²) in [6, 6.07) is 5.11. The van der Waals surface area contributed by atoms with Gasteiger partial charge in [0.2, 0.25) is 10.0 Å². The fourth-order valence-corrected chi connectivity index (χ4v) is 4.60. The minimum Gasteiger partial charge on any atom is -0.381 e. The standard InChI is InChI=1S/C16H22N2O4S/c1-11-7-14-8-13(3-4-15(14)18(11)23(2,20)21)16(19)17-9-12-5-6-22-10-12/h3-4,8,11-12H,5-7,9-10H2,1-2H3,(H,17,19)/t11-,12+/m1/s1. The van der Waals surface area contributed by atoms with E-state index in [1.54, 1.807) is 18.2 Å². The molecule has 2 atom stereocenters. The summed E-state index contributed by atoms with van der Waals surface area (Å²) in [7, 11) is -3.30. The zero-order chi connectivity index (χ0) is 16.6. The topological polar surface area (TPSA) is 75.7 Å². The van der Waals surface area contributed by atoms with Crippen LogP contribution in [0.2, 0.25) is 0 Å². The average molecular weight is 338 g/mol. The Morgan fingerprint density at radius 1 is 1.43 bits per heavy atom. The number of nitrogens with one attached hydrogen (secondary N) is 1. The molecule has 0 aliphatic carbocycles. The van der Waals surface area contributed by atoms with Crippen LogP contribution >= 0.6 is 0 Å². The number of fused-ring (bicyclic) bond motifs is 1. The third-order valence-electron chi connectivity index (χ3n) is 4.43. The largest absolute Gasteiger partial charge is 0.381 e. The van der Waals surface area contributed by atoms with Crippen molar-refractivity contribution in [3.05, 3.63) is 29.3 Å². The van der Waals surface area contributed by atoms with Gasteiger partial charge in [0.1, 0.15) is 0 Å². The normalized spacial score (nSPS) is 23.8. The molecule has 1 N–H and O–H groups in total. The minimum absolute atomic E-state index is 0.117. The third-order valence-corrected chi connectivity index (χ3v) is 5.70. The molecule has 1 saturated heterocycles. The number of hydrogen-bond donors (Lipinski definition) is 1. The van der Waals surface area contributed by atoms with E-state index >= 15 is 0 Å². The molecule has 1 amide bonds. The zero-order valence-electron chi connectivity index (χ0n) is 13.4. The molecular weight excluding hydrogens is 316 g/mol. The van der Waals surface area contributed by atoms with Crippen molar-refractivity contribution in [1.82, 2.24) is 5.32 Å². The summed E-state index contributed by atoms with van der Waals surface area (Å²) in [5.41, 5.74) is 2.16. The van der Waals surface area contributed by atoms with Crippen LogP contribution in [0.3, 0.4) is 0 Å². The number of hydrogen-bond acceptors (Lipinski definition) is 4. The second kappa shape index (κ2) is 6.13. The Morgan fingerprint density at radius 3 is 2.87 bits per heavy atom. The van der Waals surface area contributed by atoms with Gasteiger partial charge in [-0.05, 0) is 43.5 Å². The molecule has 0 saturated carbocycles. The molecule has 7 heteroatoms. The maximum atomic E-state index is 12.3. The second-order valence-electron chi connectivity index (χ2n) is 6.40. The summed E-state index contributed by atoms with van der Waals surface area (Å²) >= 11 is 0. The molecule has 23 heavy (non-hydrogen) atoms. The van der Waals surface area contributed by atoms with Crippen molar-refractivity contribution in [2.75, 3.05) is 30.3 Å². The van der Waals surface area contributed by atoms with E-state index in [2.05, 4.69) is 5.32 Å². The molecule has 6 nitrogen and oxygen atoms in total. The van der Waals surface area contributed by atoms with Crippen molar-refractivity contribution < 1.29 is 17.9 Å². The van der Waals surface area contributed by atoms with Crippen LogP contribution in [-0.2, 0) is 21.2 Å². The van der Waals surface area contributed by atoms with Crippen LogP contribution in [0.25, 0.3) is 0 Å². The quantitative estimate of drug-likeness (QED) is 0.894. The molecule has 0 spiro atoms. The van der Waals surface area contributed by atoms with Crippen molar-refractivity contribution in [2.45, 2.75) is 25.8 Å². The third kappa shape index (κ3) is 3.35. The van der Waals surface area contributed by atoms with E-state index in [4.69, 9.17) is 4.74 Å². The highest BCUT2D eigenvalue weighted by atomic mass is 32.2. The van der Waals surface area contributed by atoms with Crippen molar-refractivity contribution in [2.24, 2.45) is 5.92 Å². The lowest BCUT2D eigenvalue weighted by Crippen LogP contribution is -2.34. The smallest absolute Gasteiger partial charge is 0.251 e. The van der Waals surface area contributed by atoms with Gasteiger partial charge in [-0.3, -0.25) is 9.10 Å². The highest BCUT2D eigenvalue weighted by Crippen LogP contribution is 2.34. The van der Waals surface area contributed by atoms with E-state index in [0.29, 0.717) is 36.7 Å². The highest BCUT2D eigenvalue weighted by molar-refractivity contribution is 7.92. The predicted octanol–water partition coefficient (Wildman–Crippen LogP) is 1.16. The Labute approximate surface area is 136 Å². The Morgan fingerprint density at radius 2 is 2.22 bits per heavy atom. The zero-order valence-corrected chi connectivity index (χ0v) is 14.2. The number of rotatable bonds is 4. The summed E-state index contributed by atoms with van der Waals surface area (Å²) in [5.74, 6) is 0.263. The number of carbonyl (C=O) groups excluding carboxylic acids is 1. The van der Waals surface area contributed by atoms with Gasteiger partial charge in [-0.2, -0.15) is 0 Å². The van der Waals surface area contributed by atoms with Gasteiger partial charge in [0, 0.05) is 30.7 Å². The lowest BCUT2D eigenvalue weighted by Gasteiger charge is -2.21. The van der Waals surface area contributed by atoms with Crippen molar-refractivity contribution in [3.8, 4) is 0 Å². The molecule has 126 valence electrons. The molecule has 2 aliphatic heterocycles. The summed E-state index contributed by atoms with van der Waals surface area (Å²) in [6.45, 7) is 3.95. The molecule has 0 aromatic heterocycles. The number of ether oxygens (including phenoxy) is 1. The number of sulfonamides is 1. The first-order chi connectivity index (χ1) is 10.9. The van der Waals surface area contributed by atoms with Gasteiger partial charge < -0.3 is 10.1 Å². The SMILES string of the molecule is C[C@@H]1Cc2cc(C(=O)NC[C@@H]3CCOC3)ccc2N1S(C)(=O)=O. The van der Waals surface area contributed by atoms with Crippen molar-refractivity contribution >= 4 is 21.6 Å². The van der Waals surface area contributed by atoms with Crippen LogP contribution in [0.15, 0.2) is 18.2 Å². The van der Waals surface area contributed by atoms with E-state index in [9.17, 15) is 13.2 Å². The van der Waals surface area contributed by atoms with E-state index < -0.39 is 10.0 Å². The van der Waals surface area contributed by atoms with Crippen molar-refractivity contribution in [1.29, 1.82) is 0 Å². The first-order valence-corrected chi connectivity index (χ1v) is 9.69. The Kier molecular flexibility index (Phi) is 4.33. The molecule has 0 bridgehead atoms. The van der Waals surface area contributed by atoms with Crippen LogP contribution in [0, 0.1) is 5.92 Å². The Hall–Kier alpha value is -1.60. The highest BCUT2D eigenvalue weighted by Gasteiger charge is 2.32. The maximum absolute atomic E-state index is 12.3. The van der Waals surface area contributed by atoms with Crippen LogP contribution in [-0.4, -0.2) is 46.4 Å². The molecule has 1 aromatic carbocycles. The van der Waals surface area contributed by atoms with Gasteiger partial charge in [-0.15, -0.1) is 0 Å². The lowest BCUT2D eigenvalue weighted by atomic mass is 10.1. The van der Waals surface area contributed by atoms with Crippen LogP contribution in [0.5, 0.6) is 0 Å². The summed E-state index contributed by atoms with van der Waals surface area (Å²) in [6.07, 6.45) is 2.81. The fourth-order valence-electron chi connectivity index (χ4n) is 3.33. The number of nitrogens with zero attached hydrogens (tertiary/aromatic N) is 1. The molecular formula is C16H22N2O4S. The van der Waals surface area contributed by atoms with E-state index in [1.807, 2.05) is 6.92 Å². The van der Waals surface area contributed by atoms with Gasteiger partial charge in [0.05, 0.1) is 18.6 Å². The van der Waals surface area contributed by atoms with E-state index in [-0.39, 0.29) is 11.9 Å². The number of anilines is 1. The minimum atomic E-state index is -3.30. The van der Waals surface area contributed by atoms with Crippen LogP contribution < -0.4 is 9.62 Å². The molecule has 3 rings (SSSR count). The Balaban J connectivity index is 1.74. The molecule has 1 fully saturated rings. The van der Waals surface area contributed by atoms with Gasteiger partial charge in [0.25, 0.3) is 5.91 Å². The molecule has 0 unspecified atom stereocenters. The first-order valence-electron chi connectivity index (χ1n) is 7.84. The molecule has 2 aliphatic rings. The first kappa shape index (κ1) is 16.3. The average Bonchev–Trinajstić information content (AvgIpc) is 3.09. The Bertz CT molecular complexity index is 711. The lowest BCUT2D eigenvalue weighted by molar-refractivity contribution is 0.0945. The number of carbonyl (C=O) groups is 1. The summed E-state index contributed by atoms with van der Waals surface area (Å²) < 4.78 is 30.5. The van der Waals surface area contributed by atoms with Gasteiger partial charge in [-0.1, -0.05) is 0 Å². The second-order valence-corrected chi connectivity index (χ2v) is 8.25.